The van der Waals surface area contributed by atoms with Crippen LogP contribution in [0.1, 0.15) is 37.8 Å². The van der Waals surface area contributed by atoms with Crippen molar-refractivity contribution in [2.45, 2.75) is 44.0 Å². The fraction of sp³-hybridized carbons (Fsp3) is 0.391. The summed E-state index contributed by atoms with van der Waals surface area (Å²) in [5, 5.41) is 12.0. The van der Waals surface area contributed by atoms with Gasteiger partial charge >= 0.3 is 0 Å². The minimum atomic E-state index is -3.63. The molecule has 0 unspecified atom stereocenters. The molecule has 0 aliphatic heterocycles. The van der Waals surface area contributed by atoms with Gasteiger partial charge in [0.1, 0.15) is 5.88 Å². The fourth-order valence-electron chi connectivity index (χ4n) is 3.18. The molecule has 2 aromatic rings. The van der Waals surface area contributed by atoms with Gasteiger partial charge in [0.15, 0.2) is 9.84 Å². The molecule has 0 spiro atoms. The van der Waals surface area contributed by atoms with Crippen molar-refractivity contribution in [2.24, 2.45) is 0 Å². The number of rotatable bonds is 11. The second-order valence-corrected chi connectivity index (χ2v) is 10.4. The molecule has 2 rings (SSSR count). The van der Waals surface area contributed by atoms with E-state index in [-0.39, 0.29) is 32.8 Å². The van der Waals surface area contributed by atoms with Crippen molar-refractivity contribution in [3.8, 4) is 6.07 Å². The Balaban J connectivity index is 1.80. The summed E-state index contributed by atoms with van der Waals surface area (Å²) in [6.45, 7) is 4.90. The maximum Gasteiger partial charge on any atom is 0.222 e. The largest absolute Gasteiger partial charge is 0.340 e. The zero-order valence-corrected chi connectivity index (χ0v) is 20.5. The number of benzene rings is 2. The zero-order valence-electron chi connectivity index (χ0n) is 18.1. The van der Waals surface area contributed by atoms with Gasteiger partial charge in [-0.15, -0.1) is 0 Å². The van der Waals surface area contributed by atoms with Crippen LogP contribution in [0.25, 0.3) is 0 Å². The van der Waals surface area contributed by atoms with E-state index in [1.165, 1.54) is 18.2 Å². The van der Waals surface area contributed by atoms with Crippen molar-refractivity contribution in [1.82, 2.24) is 10.2 Å². The Labute approximate surface area is 200 Å². The highest BCUT2D eigenvalue weighted by atomic mass is 35.5. The first-order valence-electron chi connectivity index (χ1n) is 10.3. The number of nitriles is 1. The number of hydrogen-bond acceptors (Lipinski definition) is 5. The highest BCUT2D eigenvalue weighted by Gasteiger charge is 2.20. The van der Waals surface area contributed by atoms with Gasteiger partial charge in [-0.25, -0.2) is 8.42 Å². The number of carbonyl (C=O) groups is 1. The first-order valence-corrected chi connectivity index (χ1v) is 12.7. The van der Waals surface area contributed by atoms with Crippen LogP contribution in [-0.4, -0.2) is 44.2 Å². The third-order valence-corrected chi connectivity index (χ3v) is 7.48. The van der Waals surface area contributed by atoms with Gasteiger partial charge in [0.05, 0.1) is 26.6 Å². The van der Waals surface area contributed by atoms with Gasteiger partial charge in [-0.05, 0) is 63.1 Å². The van der Waals surface area contributed by atoms with Crippen molar-refractivity contribution >= 4 is 38.9 Å². The van der Waals surface area contributed by atoms with Crippen LogP contribution in [0, 0.1) is 11.3 Å². The number of sulfone groups is 1. The summed E-state index contributed by atoms with van der Waals surface area (Å²) in [4.78, 5) is 14.5. The van der Waals surface area contributed by atoms with Gasteiger partial charge in [0.2, 0.25) is 5.91 Å². The van der Waals surface area contributed by atoms with Gasteiger partial charge in [0.25, 0.3) is 0 Å². The van der Waals surface area contributed by atoms with E-state index in [9.17, 15) is 13.2 Å². The van der Waals surface area contributed by atoms with Crippen LogP contribution < -0.4 is 5.32 Å². The molecule has 6 nitrogen and oxygen atoms in total. The maximum absolute atomic E-state index is 12.7. The van der Waals surface area contributed by atoms with Crippen LogP contribution in [0.4, 0.5) is 0 Å². The van der Waals surface area contributed by atoms with Gasteiger partial charge in [0, 0.05) is 19.0 Å². The molecule has 0 radical (unpaired) electrons. The molecular formula is C23H27Cl2N3O3S. The molecule has 32 heavy (non-hydrogen) atoms. The molecule has 0 aliphatic carbocycles. The van der Waals surface area contributed by atoms with Crippen molar-refractivity contribution in [3.05, 3.63) is 63.6 Å². The Kier molecular flexibility index (Phi) is 9.98. The zero-order chi connectivity index (χ0) is 23.7. The lowest BCUT2D eigenvalue weighted by Crippen LogP contribution is -2.38. The summed E-state index contributed by atoms with van der Waals surface area (Å²) in [5.74, 6) is -0.260. The smallest absolute Gasteiger partial charge is 0.222 e. The van der Waals surface area contributed by atoms with Crippen molar-refractivity contribution in [3.63, 3.8) is 0 Å². The Morgan fingerprint density at radius 3 is 2.47 bits per heavy atom. The first-order chi connectivity index (χ1) is 15.2. The Hall–Kier alpha value is -2.11. The number of amides is 1. The maximum atomic E-state index is 12.7. The van der Waals surface area contributed by atoms with E-state index < -0.39 is 9.84 Å². The van der Waals surface area contributed by atoms with Gasteiger partial charge in [-0.3, -0.25) is 4.79 Å². The third-order valence-electron chi connectivity index (χ3n) is 4.96. The van der Waals surface area contributed by atoms with E-state index in [4.69, 9.17) is 28.5 Å². The van der Waals surface area contributed by atoms with Gasteiger partial charge < -0.3 is 10.2 Å². The van der Waals surface area contributed by atoms with Crippen molar-refractivity contribution in [2.75, 3.05) is 19.0 Å². The number of halogens is 2. The van der Waals surface area contributed by atoms with Crippen molar-refractivity contribution < 1.29 is 13.2 Å². The molecule has 0 aliphatic rings. The lowest BCUT2D eigenvalue weighted by atomic mass is 10.1. The van der Waals surface area contributed by atoms with Crippen LogP contribution in [0.15, 0.2) is 47.4 Å². The predicted molar refractivity (Wildman–Crippen MR) is 127 cm³/mol. The number of hydrogen-bond donors (Lipinski definition) is 1. The van der Waals surface area contributed by atoms with E-state index in [2.05, 4.69) is 11.4 Å². The van der Waals surface area contributed by atoms with Crippen LogP contribution in [0.5, 0.6) is 0 Å². The Bertz CT molecular complexity index is 1060. The quantitative estimate of drug-likeness (QED) is 0.465. The molecule has 0 bridgehead atoms. The molecule has 0 saturated carbocycles. The van der Waals surface area contributed by atoms with Crippen molar-refractivity contribution in [1.29, 1.82) is 5.26 Å². The number of carbonyl (C=O) groups excluding carboxylic acids is 1. The highest BCUT2D eigenvalue weighted by molar-refractivity contribution is 7.91. The Morgan fingerprint density at radius 2 is 1.84 bits per heavy atom. The van der Waals surface area contributed by atoms with Crippen LogP contribution >= 0.6 is 23.2 Å². The third kappa shape index (κ3) is 7.49. The molecular weight excluding hydrogens is 469 g/mol. The topological polar surface area (TPSA) is 90.3 Å². The molecule has 1 amide bonds. The Morgan fingerprint density at radius 1 is 1.16 bits per heavy atom. The normalized spacial score (nSPS) is 11.4. The average Bonchev–Trinajstić information content (AvgIpc) is 2.75. The van der Waals surface area contributed by atoms with E-state index >= 15 is 0 Å². The molecule has 1 N–H and O–H groups in total. The standard InChI is InChI=1S/C23H27Cl2N3O3S/c1-17(2)28(14-12-18-8-10-19(15-26)11-9-18)22(29)7-4-13-27-16-32(30,31)21-6-3-5-20(24)23(21)25/h3,5-6,8-11,17,27H,4,7,12-14,16H2,1-2H3. The van der Waals surface area contributed by atoms with Crippen LogP contribution in [0.2, 0.25) is 10.0 Å². The highest BCUT2D eigenvalue weighted by Crippen LogP contribution is 2.29. The predicted octanol–water partition coefficient (Wildman–Crippen LogP) is 4.45. The molecule has 0 fully saturated rings. The first kappa shape index (κ1) is 26.1. The average molecular weight is 496 g/mol. The van der Waals surface area contributed by atoms with Crippen LogP contribution in [0.3, 0.4) is 0 Å². The summed E-state index contributed by atoms with van der Waals surface area (Å²) in [7, 11) is -3.63. The summed E-state index contributed by atoms with van der Waals surface area (Å²) < 4.78 is 24.9. The number of nitrogens with one attached hydrogen (secondary N) is 1. The summed E-state index contributed by atoms with van der Waals surface area (Å²) in [6, 6.07) is 14.0. The van der Waals surface area contributed by atoms with E-state index in [0.717, 1.165) is 5.56 Å². The minimum absolute atomic E-state index is 0.0102. The lowest BCUT2D eigenvalue weighted by molar-refractivity contribution is -0.132. The molecule has 0 aromatic heterocycles. The molecule has 0 atom stereocenters. The lowest BCUT2D eigenvalue weighted by Gasteiger charge is -2.27. The number of nitrogens with zero attached hydrogens (tertiary/aromatic N) is 2. The molecule has 0 saturated heterocycles. The van der Waals surface area contributed by atoms with E-state index in [1.807, 2.05) is 30.9 Å². The monoisotopic (exact) mass is 495 g/mol. The second-order valence-electron chi connectivity index (χ2n) is 7.65. The summed E-state index contributed by atoms with van der Waals surface area (Å²) in [5.41, 5.74) is 1.67. The minimum Gasteiger partial charge on any atom is -0.340 e. The summed E-state index contributed by atoms with van der Waals surface area (Å²) in [6.07, 6.45) is 1.53. The molecule has 2 aromatic carbocycles. The second kappa shape index (κ2) is 12.2. The van der Waals surface area contributed by atoms with Gasteiger partial charge in [-0.1, -0.05) is 41.4 Å². The SMILES string of the molecule is CC(C)N(CCc1ccc(C#N)cc1)C(=O)CCCNCS(=O)(=O)c1cccc(Cl)c1Cl. The molecule has 9 heteroatoms. The van der Waals surface area contributed by atoms with Gasteiger partial charge in [-0.2, -0.15) is 5.26 Å². The molecule has 172 valence electrons. The fourth-order valence-corrected chi connectivity index (χ4v) is 5.13. The molecule has 0 heterocycles. The van der Waals surface area contributed by atoms with E-state index in [1.54, 1.807) is 12.1 Å². The van der Waals surface area contributed by atoms with E-state index in [0.29, 0.717) is 37.9 Å². The summed E-state index contributed by atoms with van der Waals surface area (Å²) >= 11 is 11.9. The van der Waals surface area contributed by atoms with Crippen LogP contribution in [-0.2, 0) is 21.1 Å².